The summed E-state index contributed by atoms with van der Waals surface area (Å²) < 4.78 is 6.83. The van der Waals surface area contributed by atoms with Gasteiger partial charge in [-0.3, -0.25) is 4.79 Å². The van der Waals surface area contributed by atoms with Crippen LogP contribution in [0.1, 0.15) is 0 Å². The van der Waals surface area contributed by atoms with Crippen LogP contribution in [-0.4, -0.2) is 25.7 Å². The number of carbonyl (C=O) groups excluding carboxylic acids is 1. The normalized spacial score (nSPS) is 12.2. The van der Waals surface area contributed by atoms with Gasteiger partial charge in [0.25, 0.3) is 0 Å². The van der Waals surface area contributed by atoms with Crippen molar-refractivity contribution in [2.24, 2.45) is 5.73 Å². The number of ether oxygens (including phenoxy) is 1. The third-order valence-corrected chi connectivity index (χ3v) is 4.20. The second-order valence-corrected chi connectivity index (χ2v) is 5.20. The average molecular weight is 399 g/mol. The summed E-state index contributed by atoms with van der Waals surface area (Å²) in [6.45, 7) is 0.208. The van der Waals surface area contributed by atoms with Crippen molar-refractivity contribution in [3.63, 3.8) is 0 Å². The van der Waals surface area contributed by atoms with Crippen LogP contribution >= 0.6 is 38.5 Å². The van der Waals surface area contributed by atoms with E-state index in [0.717, 1.165) is 13.7 Å². The minimum atomic E-state index is -0.647. The zero-order valence-electron chi connectivity index (χ0n) is 8.67. The Morgan fingerprint density at radius 2 is 2.38 bits per heavy atom. The topological polar surface area (TPSA) is 64.3 Å². The predicted octanol–water partition coefficient (Wildman–Crippen LogP) is 1.97. The maximum absolute atomic E-state index is 11.6. The van der Waals surface area contributed by atoms with Crippen LogP contribution in [0.3, 0.4) is 0 Å². The SMILES string of the molecule is COCC(N)C(=O)Nc1ccc(Br)c(I)c1. The highest BCUT2D eigenvalue weighted by Gasteiger charge is 2.13. The molecule has 1 aromatic carbocycles. The van der Waals surface area contributed by atoms with E-state index in [2.05, 4.69) is 43.8 Å². The lowest BCUT2D eigenvalue weighted by molar-refractivity contribution is -0.118. The Labute approximate surface area is 116 Å². The number of amides is 1. The van der Waals surface area contributed by atoms with Gasteiger partial charge in [-0.25, -0.2) is 0 Å². The molecule has 0 aliphatic heterocycles. The van der Waals surface area contributed by atoms with Gasteiger partial charge in [0.2, 0.25) is 5.91 Å². The Kier molecular flexibility index (Phi) is 5.67. The van der Waals surface area contributed by atoms with Crippen LogP contribution in [0.25, 0.3) is 0 Å². The number of rotatable bonds is 4. The Hall–Kier alpha value is -0.180. The van der Waals surface area contributed by atoms with Gasteiger partial charge in [-0.2, -0.15) is 0 Å². The van der Waals surface area contributed by atoms with Crippen LogP contribution in [-0.2, 0) is 9.53 Å². The number of halogens is 2. The van der Waals surface area contributed by atoms with Gasteiger partial charge in [-0.1, -0.05) is 0 Å². The minimum absolute atomic E-state index is 0.208. The number of hydrogen-bond acceptors (Lipinski definition) is 3. The largest absolute Gasteiger partial charge is 0.383 e. The van der Waals surface area contributed by atoms with Crippen LogP contribution < -0.4 is 11.1 Å². The number of benzene rings is 1. The molecule has 3 N–H and O–H groups in total. The first-order valence-corrected chi connectivity index (χ1v) is 6.42. The van der Waals surface area contributed by atoms with Crippen molar-refractivity contribution >= 4 is 50.1 Å². The molecule has 1 rings (SSSR count). The first-order valence-electron chi connectivity index (χ1n) is 4.55. The molecule has 1 atom stereocenters. The average Bonchev–Trinajstić information content (AvgIpc) is 2.24. The van der Waals surface area contributed by atoms with Crippen molar-refractivity contribution in [3.05, 3.63) is 26.2 Å². The first-order chi connectivity index (χ1) is 7.54. The van der Waals surface area contributed by atoms with E-state index < -0.39 is 6.04 Å². The van der Waals surface area contributed by atoms with Gasteiger partial charge in [0.05, 0.1) is 6.61 Å². The van der Waals surface area contributed by atoms with Gasteiger partial charge in [0.1, 0.15) is 6.04 Å². The number of nitrogens with two attached hydrogens (primary N) is 1. The van der Waals surface area contributed by atoms with Gasteiger partial charge >= 0.3 is 0 Å². The van der Waals surface area contributed by atoms with Crippen molar-refractivity contribution in [1.82, 2.24) is 0 Å². The van der Waals surface area contributed by atoms with Crippen LogP contribution in [0, 0.1) is 3.57 Å². The van der Waals surface area contributed by atoms with Crippen molar-refractivity contribution in [3.8, 4) is 0 Å². The fraction of sp³-hybridized carbons (Fsp3) is 0.300. The van der Waals surface area contributed by atoms with E-state index in [1.807, 2.05) is 18.2 Å². The van der Waals surface area contributed by atoms with E-state index >= 15 is 0 Å². The smallest absolute Gasteiger partial charge is 0.243 e. The van der Waals surface area contributed by atoms with E-state index in [4.69, 9.17) is 10.5 Å². The summed E-state index contributed by atoms with van der Waals surface area (Å²) >= 11 is 5.56. The van der Waals surface area contributed by atoms with Crippen LogP contribution in [0.5, 0.6) is 0 Å². The van der Waals surface area contributed by atoms with Crippen molar-refractivity contribution in [2.75, 3.05) is 19.0 Å². The molecule has 0 heterocycles. The number of hydrogen-bond donors (Lipinski definition) is 2. The van der Waals surface area contributed by atoms with Crippen LogP contribution in [0.2, 0.25) is 0 Å². The second-order valence-electron chi connectivity index (χ2n) is 3.18. The third-order valence-electron chi connectivity index (χ3n) is 1.87. The molecule has 1 aromatic rings. The number of methoxy groups -OCH3 is 1. The lowest BCUT2D eigenvalue weighted by atomic mass is 10.2. The van der Waals surface area contributed by atoms with Crippen molar-refractivity contribution in [2.45, 2.75) is 6.04 Å². The molecule has 0 aliphatic rings. The Morgan fingerprint density at radius 3 is 2.94 bits per heavy atom. The summed E-state index contributed by atoms with van der Waals surface area (Å²) in [5.74, 6) is -0.250. The summed E-state index contributed by atoms with van der Waals surface area (Å²) in [5.41, 5.74) is 6.32. The molecule has 0 fully saturated rings. The molecule has 6 heteroatoms. The molecule has 0 bridgehead atoms. The molecular formula is C10H12BrIN2O2. The fourth-order valence-electron chi connectivity index (χ4n) is 1.06. The minimum Gasteiger partial charge on any atom is -0.383 e. The van der Waals surface area contributed by atoms with E-state index in [-0.39, 0.29) is 12.5 Å². The maximum Gasteiger partial charge on any atom is 0.243 e. The highest BCUT2D eigenvalue weighted by Crippen LogP contribution is 2.22. The number of nitrogens with one attached hydrogen (secondary N) is 1. The van der Waals surface area contributed by atoms with Crippen molar-refractivity contribution < 1.29 is 9.53 Å². The Morgan fingerprint density at radius 1 is 1.69 bits per heavy atom. The van der Waals surface area contributed by atoms with Gasteiger partial charge in [0, 0.05) is 20.8 Å². The van der Waals surface area contributed by atoms with Crippen molar-refractivity contribution in [1.29, 1.82) is 0 Å². The molecule has 0 aromatic heterocycles. The predicted molar refractivity (Wildman–Crippen MR) is 75.3 cm³/mol. The Bertz CT molecular complexity index is 387. The molecule has 1 unspecified atom stereocenters. The Balaban J connectivity index is 2.66. The van der Waals surface area contributed by atoms with Gasteiger partial charge in [0.15, 0.2) is 0 Å². The number of anilines is 1. The highest BCUT2D eigenvalue weighted by molar-refractivity contribution is 14.1. The van der Waals surface area contributed by atoms with Gasteiger partial charge in [-0.15, -0.1) is 0 Å². The molecule has 16 heavy (non-hydrogen) atoms. The zero-order valence-corrected chi connectivity index (χ0v) is 12.4. The molecule has 0 saturated carbocycles. The zero-order chi connectivity index (χ0) is 12.1. The van der Waals surface area contributed by atoms with E-state index in [0.29, 0.717) is 0 Å². The quantitative estimate of drug-likeness (QED) is 0.762. The number of carbonyl (C=O) groups is 1. The molecule has 88 valence electrons. The molecule has 0 spiro atoms. The summed E-state index contributed by atoms with van der Waals surface area (Å²) in [4.78, 5) is 11.6. The van der Waals surface area contributed by atoms with Crippen LogP contribution in [0.4, 0.5) is 5.69 Å². The fourth-order valence-corrected chi connectivity index (χ4v) is 1.83. The molecule has 0 radical (unpaired) electrons. The first kappa shape index (κ1) is 13.9. The summed E-state index contributed by atoms with van der Waals surface area (Å²) in [5, 5.41) is 2.72. The third kappa shape index (κ3) is 4.00. The maximum atomic E-state index is 11.6. The van der Waals surface area contributed by atoms with E-state index in [9.17, 15) is 4.79 Å². The van der Waals surface area contributed by atoms with E-state index in [1.54, 1.807) is 0 Å². The second kappa shape index (κ2) is 6.53. The highest BCUT2D eigenvalue weighted by atomic mass is 127. The van der Waals surface area contributed by atoms with Gasteiger partial charge < -0.3 is 15.8 Å². The van der Waals surface area contributed by atoms with E-state index in [1.165, 1.54) is 7.11 Å². The summed E-state index contributed by atoms with van der Waals surface area (Å²) in [7, 11) is 1.51. The molecule has 4 nitrogen and oxygen atoms in total. The lowest BCUT2D eigenvalue weighted by Crippen LogP contribution is -2.39. The molecule has 0 saturated heterocycles. The molecule has 0 aliphatic carbocycles. The summed E-state index contributed by atoms with van der Waals surface area (Å²) in [6.07, 6.45) is 0. The lowest BCUT2D eigenvalue weighted by Gasteiger charge is -2.11. The van der Waals surface area contributed by atoms with Crippen LogP contribution in [0.15, 0.2) is 22.7 Å². The monoisotopic (exact) mass is 398 g/mol. The van der Waals surface area contributed by atoms with Gasteiger partial charge in [-0.05, 0) is 56.7 Å². The molecule has 1 amide bonds. The molecular weight excluding hydrogens is 387 g/mol. The standard InChI is InChI=1S/C10H12BrIN2O2/c1-16-5-9(13)10(15)14-6-2-3-7(11)8(12)4-6/h2-4,9H,5,13H2,1H3,(H,14,15). The summed E-state index contributed by atoms with van der Waals surface area (Å²) in [6, 6.07) is 4.90.